The molecule has 112 valence electrons. The van der Waals surface area contributed by atoms with Gasteiger partial charge in [0.1, 0.15) is 0 Å². The summed E-state index contributed by atoms with van der Waals surface area (Å²) in [6.45, 7) is 3.17. The van der Waals surface area contributed by atoms with Crippen molar-refractivity contribution in [3.8, 4) is 0 Å². The molecule has 0 aliphatic heterocycles. The largest absolute Gasteiger partial charge is 0.344 e. The van der Waals surface area contributed by atoms with Crippen molar-refractivity contribution in [2.45, 2.75) is 13.5 Å². The molecule has 0 spiro atoms. The summed E-state index contributed by atoms with van der Waals surface area (Å²) in [7, 11) is -1.65. The number of amides is 1. The Labute approximate surface area is 119 Å². The van der Waals surface area contributed by atoms with Crippen LogP contribution >= 0.6 is 7.37 Å². The minimum absolute atomic E-state index is 0.0862. The third kappa shape index (κ3) is 6.30. The second-order valence-electron chi connectivity index (χ2n) is 5.14. The van der Waals surface area contributed by atoms with Crippen molar-refractivity contribution in [1.29, 1.82) is 0 Å². The van der Waals surface area contributed by atoms with Gasteiger partial charge in [-0.3, -0.25) is 19.5 Å². The van der Waals surface area contributed by atoms with E-state index in [4.69, 9.17) is 0 Å². The fourth-order valence-corrected chi connectivity index (χ4v) is 2.76. The summed E-state index contributed by atoms with van der Waals surface area (Å²) in [6.07, 6.45) is -0.0862. The van der Waals surface area contributed by atoms with E-state index in [-0.39, 0.29) is 19.4 Å². The number of carbonyl (C=O) groups excluding carboxylic acids is 1. The minimum atomic E-state index is -3.21. The summed E-state index contributed by atoms with van der Waals surface area (Å²) >= 11 is 0. The van der Waals surface area contributed by atoms with Crippen molar-refractivity contribution in [2.75, 3.05) is 26.5 Å². The zero-order chi connectivity index (χ0) is 15.3. The van der Waals surface area contributed by atoms with Crippen molar-refractivity contribution in [2.24, 2.45) is 0 Å². The van der Waals surface area contributed by atoms with Crippen molar-refractivity contribution in [3.63, 3.8) is 0 Å². The van der Waals surface area contributed by atoms with Crippen LogP contribution in [0, 0.1) is 6.92 Å². The Morgan fingerprint density at radius 3 is 2.35 bits per heavy atom. The SMILES string of the molecule is Cc1ccc(CN(O)C(=O)CN(C)CP(C)(=O)O)cc1. The van der Waals surface area contributed by atoms with Crippen LogP contribution in [0.5, 0.6) is 0 Å². The summed E-state index contributed by atoms with van der Waals surface area (Å²) in [5.41, 5.74) is 1.92. The Morgan fingerprint density at radius 2 is 1.85 bits per heavy atom. The second-order valence-corrected chi connectivity index (χ2v) is 7.53. The van der Waals surface area contributed by atoms with Crippen molar-refractivity contribution >= 4 is 13.3 Å². The first kappa shape index (κ1) is 16.9. The van der Waals surface area contributed by atoms with Crippen LogP contribution in [0.4, 0.5) is 0 Å². The van der Waals surface area contributed by atoms with Gasteiger partial charge in [0.05, 0.1) is 19.4 Å². The summed E-state index contributed by atoms with van der Waals surface area (Å²) in [4.78, 5) is 22.4. The lowest BCUT2D eigenvalue weighted by Gasteiger charge is -2.21. The molecule has 1 rings (SSSR count). The number of hydrogen-bond acceptors (Lipinski definition) is 4. The highest BCUT2D eigenvalue weighted by Gasteiger charge is 2.18. The maximum absolute atomic E-state index is 11.8. The number of benzene rings is 1. The van der Waals surface area contributed by atoms with Crippen molar-refractivity contribution in [1.82, 2.24) is 9.96 Å². The Bertz CT molecular complexity index is 498. The molecule has 0 saturated carbocycles. The van der Waals surface area contributed by atoms with E-state index in [0.29, 0.717) is 5.06 Å². The van der Waals surface area contributed by atoms with Gasteiger partial charge in [0.15, 0.2) is 0 Å². The molecule has 0 bridgehead atoms. The second kappa shape index (κ2) is 6.99. The van der Waals surface area contributed by atoms with Gasteiger partial charge in [-0.15, -0.1) is 0 Å². The molecular formula is C13H21N2O4P. The molecule has 1 aromatic carbocycles. The summed E-state index contributed by atoms with van der Waals surface area (Å²) in [5.74, 6) is -0.512. The number of rotatable bonds is 6. The van der Waals surface area contributed by atoms with Crippen LogP contribution < -0.4 is 0 Å². The lowest BCUT2D eigenvalue weighted by molar-refractivity contribution is -0.168. The third-order valence-corrected chi connectivity index (χ3v) is 3.66. The van der Waals surface area contributed by atoms with Gasteiger partial charge in [0, 0.05) is 6.66 Å². The number of aryl methyl sites for hydroxylation is 1. The topological polar surface area (TPSA) is 81.1 Å². The van der Waals surface area contributed by atoms with Crippen LogP contribution in [-0.4, -0.2) is 52.5 Å². The molecule has 20 heavy (non-hydrogen) atoms. The number of nitrogens with zero attached hydrogens (tertiary/aromatic N) is 2. The molecule has 1 unspecified atom stereocenters. The number of hydrogen-bond donors (Lipinski definition) is 2. The number of likely N-dealkylation sites (N-methyl/N-ethyl adjacent to an activating group) is 1. The van der Waals surface area contributed by atoms with Crippen LogP contribution in [-0.2, 0) is 15.9 Å². The molecule has 0 saturated heterocycles. The molecule has 0 fully saturated rings. The lowest BCUT2D eigenvalue weighted by atomic mass is 10.1. The Morgan fingerprint density at radius 1 is 1.30 bits per heavy atom. The molecule has 0 aliphatic rings. The van der Waals surface area contributed by atoms with E-state index in [1.54, 1.807) is 7.05 Å². The molecule has 0 aliphatic carbocycles. The van der Waals surface area contributed by atoms with Gasteiger partial charge >= 0.3 is 0 Å². The molecule has 7 heteroatoms. The van der Waals surface area contributed by atoms with E-state index in [1.807, 2.05) is 31.2 Å². The maximum atomic E-state index is 11.8. The van der Waals surface area contributed by atoms with Crippen LogP contribution in [0.25, 0.3) is 0 Å². The van der Waals surface area contributed by atoms with Crippen LogP contribution in [0.1, 0.15) is 11.1 Å². The van der Waals surface area contributed by atoms with Gasteiger partial charge in [-0.2, -0.15) is 0 Å². The molecule has 0 radical (unpaired) electrons. The highest BCUT2D eigenvalue weighted by atomic mass is 31.2. The lowest BCUT2D eigenvalue weighted by Crippen LogP contribution is -2.37. The molecule has 1 atom stereocenters. The molecule has 6 nitrogen and oxygen atoms in total. The fourth-order valence-electron chi connectivity index (χ4n) is 1.77. The first-order valence-electron chi connectivity index (χ1n) is 6.20. The van der Waals surface area contributed by atoms with Gasteiger partial charge in [0.25, 0.3) is 5.91 Å². The van der Waals surface area contributed by atoms with Gasteiger partial charge in [-0.1, -0.05) is 29.8 Å². The molecule has 0 heterocycles. The molecule has 2 N–H and O–H groups in total. The van der Waals surface area contributed by atoms with Gasteiger partial charge in [-0.05, 0) is 19.5 Å². The molecule has 1 amide bonds. The van der Waals surface area contributed by atoms with E-state index in [2.05, 4.69) is 0 Å². The summed E-state index contributed by atoms with van der Waals surface area (Å²) < 4.78 is 11.2. The Kier molecular flexibility index (Phi) is 5.89. The minimum Gasteiger partial charge on any atom is -0.344 e. The van der Waals surface area contributed by atoms with E-state index in [0.717, 1.165) is 11.1 Å². The smallest absolute Gasteiger partial charge is 0.260 e. The number of carbonyl (C=O) groups is 1. The van der Waals surface area contributed by atoms with Crippen LogP contribution in [0.3, 0.4) is 0 Å². The Hall–Kier alpha value is -1.20. The first-order valence-corrected chi connectivity index (χ1v) is 8.49. The van der Waals surface area contributed by atoms with Crippen molar-refractivity contribution in [3.05, 3.63) is 35.4 Å². The zero-order valence-corrected chi connectivity index (χ0v) is 12.9. The van der Waals surface area contributed by atoms with Gasteiger partial charge in [-0.25, -0.2) is 5.06 Å². The van der Waals surface area contributed by atoms with E-state index in [1.165, 1.54) is 11.6 Å². The number of hydroxylamine groups is 2. The predicted molar refractivity (Wildman–Crippen MR) is 76.8 cm³/mol. The highest BCUT2D eigenvalue weighted by molar-refractivity contribution is 7.57. The predicted octanol–water partition coefficient (Wildman–Crippen LogP) is 1.50. The summed E-state index contributed by atoms with van der Waals surface area (Å²) in [6, 6.07) is 7.48. The Balaban J connectivity index is 2.50. The van der Waals surface area contributed by atoms with E-state index in [9.17, 15) is 19.5 Å². The standard InChI is InChI=1S/C13H21N2O4P/c1-11-4-6-12(7-5-11)8-15(17)13(16)9-14(2)10-20(3,18)19/h4-7,17H,8-10H2,1-3H3,(H,18,19). The monoisotopic (exact) mass is 300 g/mol. The zero-order valence-electron chi connectivity index (χ0n) is 12.0. The van der Waals surface area contributed by atoms with Crippen LogP contribution in [0.2, 0.25) is 0 Å². The van der Waals surface area contributed by atoms with Crippen LogP contribution in [0.15, 0.2) is 24.3 Å². The van der Waals surface area contributed by atoms with Gasteiger partial charge < -0.3 is 4.89 Å². The van der Waals surface area contributed by atoms with Crippen molar-refractivity contribution < 1.29 is 19.5 Å². The molecular weight excluding hydrogens is 279 g/mol. The van der Waals surface area contributed by atoms with E-state index < -0.39 is 13.3 Å². The van der Waals surface area contributed by atoms with E-state index >= 15 is 0 Å². The maximum Gasteiger partial charge on any atom is 0.260 e. The fraction of sp³-hybridized carbons (Fsp3) is 0.462. The van der Waals surface area contributed by atoms with Gasteiger partial charge in [0.2, 0.25) is 7.37 Å². The first-order chi connectivity index (χ1) is 9.17. The quantitative estimate of drug-likeness (QED) is 0.473. The highest BCUT2D eigenvalue weighted by Crippen LogP contribution is 2.35. The average molecular weight is 300 g/mol. The molecule has 0 aromatic heterocycles. The molecule has 1 aromatic rings. The normalized spacial score (nSPS) is 14.1. The average Bonchev–Trinajstić information content (AvgIpc) is 2.29. The third-order valence-electron chi connectivity index (χ3n) is 2.65. The summed E-state index contributed by atoms with van der Waals surface area (Å²) in [5, 5.41) is 10.3.